The van der Waals surface area contributed by atoms with Crippen molar-refractivity contribution in [3.8, 4) is 0 Å². The lowest BCUT2D eigenvalue weighted by Gasteiger charge is -2.28. The molecule has 2 atom stereocenters. The van der Waals surface area contributed by atoms with Gasteiger partial charge in [-0.05, 0) is 39.5 Å². The average Bonchev–Trinajstić information content (AvgIpc) is 3.00. The SMILES string of the molecule is C/C=C/CCCCCCCCCCCCC1NC=CN1C(C)N. The molecular weight excluding hydrogens is 282 g/mol. The van der Waals surface area contributed by atoms with Gasteiger partial charge in [-0.2, -0.15) is 0 Å². The van der Waals surface area contributed by atoms with E-state index >= 15 is 0 Å². The highest BCUT2D eigenvalue weighted by Crippen LogP contribution is 2.16. The maximum Gasteiger partial charge on any atom is 0.0995 e. The van der Waals surface area contributed by atoms with Crippen LogP contribution in [0, 0.1) is 0 Å². The molecule has 3 nitrogen and oxygen atoms in total. The molecule has 1 heterocycles. The van der Waals surface area contributed by atoms with Gasteiger partial charge in [0.25, 0.3) is 0 Å². The topological polar surface area (TPSA) is 41.3 Å². The zero-order chi connectivity index (χ0) is 16.8. The molecule has 1 aliphatic rings. The predicted octanol–water partition coefficient (Wildman–Crippen LogP) is 5.25. The van der Waals surface area contributed by atoms with E-state index in [1.165, 1.54) is 77.0 Å². The van der Waals surface area contributed by atoms with Crippen LogP contribution in [0.5, 0.6) is 0 Å². The second kappa shape index (κ2) is 13.5. The van der Waals surface area contributed by atoms with Gasteiger partial charge >= 0.3 is 0 Å². The van der Waals surface area contributed by atoms with Crippen LogP contribution < -0.4 is 11.1 Å². The highest BCUT2D eigenvalue weighted by molar-refractivity contribution is 4.95. The molecule has 0 saturated heterocycles. The van der Waals surface area contributed by atoms with Crippen molar-refractivity contribution >= 4 is 0 Å². The maximum atomic E-state index is 5.96. The summed E-state index contributed by atoms with van der Waals surface area (Å²) in [5.74, 6) is 0. The van der Waals surface area contributed by atoms with Gasteiger partial charge in [0.15, 0.2) is 0 Å². The van der Waals surface area contributed by atoms with E-state index in [1.54, 1.807) is 0 Å². The number of nitrogens with one attached hydrogen (secondary N) is 1. The zero-order valence-corrected chi connectivity index (χ0v) is 15.5. The van der Waals surface area contributed by atoms with Crippen LogP contribution in [0.1, 0.15) is 90.9 Å². The van der Waals surface area contributed by atoms with Gasteiger partial charge in [0, 0.05) is 12.4 Å². The van der Waals surface area contributed by atoms with Crippen molar-refractivity contribution in [1.29, 1.82) is 0 Å². The molecule has 0 fully saturated rings. The fourth-order valence-electron chi connectivity index (χ4n) is 3.26. The van der Waals surface area contributed by atoms with Crippen LogP contribution in [0.25, 0.3) is 0 Å². The van der Waals surface area contributed by atoms with E-state index in [4.69, 9.17) is 5.73 Å². The largest absolute Gasteiger partial charge is 0.370 e. The van der Waals surface area contributed by atoms with Crippen molar-refractivity contribution in [2.24, 2.45) is 5.73 Å². The molecule has 1 aliphatic heterocycles. The Hall–Kier alpha value is -0.960. The van der Waals surface area contributed by atoms with Crippen LogP contribution in [-0.2, 0) is 0 Å². The van der Waals surface area contributed by atoms with Gasteiger partial charge in [-0.1, -0.05) is 63.5 Å². The molecule has 0 aliphatic carbocycles. The molecule has 0 aromatic carbocycles. The molecule has 3 N–H and O–H groups in total. The molecule has 0 bridgehead atoms. The Morgan fingerprint density at radius 3 is 2.13 bits per heavy atom. The van der Waals surface area contributed by atoms with Gasteiger partial charge in [0.2, 0.25) is 0 Å². The van der Waals surface area contributed by atoms with Crippen molar-refractivity contribution in [1.82, 2.24) is 10.2 Å². The first-order valence-corrected chi connectivity index (χ1v) is 9.82. The third-order valence-electron chi connectivity index (χ3n) is 4.70. The molecule has 23 heavy (non-hydrogen) atoms. The van der Waals surface area contributed by atoms with E-state index in [0.29, 0.717) is 6.17 Å². The summed E-state index contributed by atoms with van der Waals surface area (Å²) in [4.78, 5) is 2.22. The Labute approximate surface area is 144 Å². The minimum atomic E-state index is 0.101. The number of nitrogens with two attached hydrogens (primary N) is 1. The van der Waals surface area contributed by atoms with Crippen LogP contribution in [0.3, 0.4) is 0 Å². The fraction of sp³-hybridized carbons (Fsp3) is 0.800. The van der Waals surface area contributed by atoms with Gasteiger partial charge in [-0.25, -0.2) is 0 Å². The third kappa shape index (κ3) is 9.70. The summed E-state index contributed by atoms with van der Waals surface area (Å²) in [6, 6.07) is 0. The minimum Gasteiger partial charge on any atom is -0.370 e. The lowest BCUT2D eigenvalue weighted by Crippen LogP contribution is -2.44. The van der Waals surface area contributed by atoms with Gasteiger partial charge in [0.1, 0.15) is 0 Å². The Balaban J connectivity index is 1.82. The van der Waals surface area contributed by atoms with Crippen molar-refractivity contribution < 1.29 is 0 Å². The van der Waals surface area contributed by atoms with Gasteiger partial charge < -0.3 is 16.0 Å². The molecule has 0 aromatic heterocycles. The summed E-state index contributed by atoms with van der Waals surface area (Å²) < 4.78 is 0. The lowest BCUT2D eigenvalue weighted by molar-refractivity contribution is 0.208. The highest BCUT2D eigenvalue weighted by Gasteiger charge is 2.20. The van der Waals surface area contributed by atoms with Gasteiger partial charge in [-0.3, -0.25) is 0 Å². The number of hydrogen-bond donors (Lipinski definition) is 2. The van der Waals surface area contributed by atoms with Crippen molar-refractivity contribution in [2.45, 2.75) is 103 Å². The fourth-order valence-corrected chi connectivity index (χ4v) is 3.26. The van der Waals surface area contributed by atoms with Crippen molar-refractivity contribution in [3.63, 3.8) is 0 Å². The Morgan fingerprint density at radius 2 is 1.57 bits per heavy atom. The third-order valence-corrected chi connectivity index (χ3v) is 4.70. The number of hydrogen-bond acceptors (Lipinski definition) is 3. The molecule has 2 unspecified atom stereocenters. The summed E-state index contributed by atoms with van der Waals surface area (Å²) in [5.41, 5.74) is 5.96. The monoisotopic (exact) mass is 321 g/mol. The van der Waals surface area contributed by atoms with Crippen molar-refractivity contribution in [2.75, 3.05) is 0 Å². The molecule has 3 heteroatoms. The van der Waals surface area contributed by atoms with Crippen LogP contribution >= 0.6 is 0 Å². The lowest BCUT2D eigenvalue weighted by atomic mass is 10.0. The summed E-state index contributed by atoms with van der Waals surface area (Å²) in [6.45, 7) is 4.15. The maximum absolute atomic E-state index is 5.96. The summed E-state index contributed by atoms with van der Waals surface area (Å²) in [5, 5.41) is 3.39. The highest BCUT2D eigenvalue weighted by atomic mass is 15.3. The molecule has 134 valence electrons. The molecular formula is C20H39N3. The number of unbranched alkanes of at least 4 members (excludes halogenated alkanes) is 10. The average molecular weight is 322 g/mol. The standard InChI is InChI=1S/C20H39N3/c1-3-4-5-6-7-8-9-10-11-12-13-14-15-16-20-22-17-18-23(20)19(2)21/h3-4,17-20,22H,5-16,21H2,1-2H3/b4-3+. The van der Waals surface area contributed by atoms with E-state index in [1.807, 2.05) is 13.1 Å². The first kappa shape index (κ1) is 20.1. The normalized spacial score (nSPS) is 18.7. The zero-order valence-electron chi connectivity index (χ0n) is 15.5. The first-order valence-electron chi connectivity index (χ1n) is 9.82. The van der Waals surface area contributed by atoms with Crippen LogP contribution in [0.4, 0.5) is 0 Å². The quantitative estimate of drug-likeness (QED) is 0.339. The number of nitrogens with zero attached hydrogens (tertiary/aromatic N) is 1. The molecule has 0 spiro atoms. The molecule has 0 amide bonds. The predicted molar refractivity (Wildman–Crippen MR) is 102 cm³/mol. The smallest absolute Gasteiger partial charge is 0.0995 e. The molecule has 0 saturated carbocycles. The molecule has 0 aromatic rings. The van der Waals surface area contributed by atoms with E-state index in [2.05, 4.69) is 35.5 Å². The molecule has 0 radical (unpaired) electrons. The summed E-state index contributed by atoms with van der Waals surface area (Å²) in [7, 11) is 0. The van der Waals surface area contributed by atoms with Gasteiger partial charge in [-0.15, -0.1) is 0 Å². The second-order valence-corrected chi connectivity index (χ2v) is 6.87. The Morgan fingerprint density at radius 1 is 1.00 bits per heavy atom. The molecule has 1 rings (SSSR count). The minimum absolute atomic E-state index is 0.101. The Kier molecular flexibility index (Phi) is 11.8. The van der Waals surface area contributed by atoms with E-state index in [9.17, 15) is 0 Å². The van der Waals surface area contributed by atoms with Crippen LogP contribution in [-0.4, -0.2) is 17.2 Å². The summed E-state index contributed by atoms with van der Waals surface area (Å²) in [6.07, 6.45) is 25.4. The number of allylic oxidation sites excluding steroid dienone is 2. The second-order valence-electron chi connectivity index (χ2n) is 6.87. The van der Waals surface area contributed by atoms with E-state index in [0.717, 1.165) is 0 Å². The number of rotatable bonds is 14. The van der Waals surface area contributed by atoms with E-state index < -0.39 is 0 Å². The summed E-state index contributed by atoms with van der Waals surface area (Å²) >= 11 is 0. The van der Waals surface area contributed by atoms with Crippen molar-refractivity contribution in [3.05, 3.63) is 24.6 Å². The van der Waals surface area contributed by atoms with Crippen LogP contribution in [0.2, 0.25) is 0 Å². The first-order chi connectivity index (χ1) is 11.3. The van der Waals surface area contributed by atoms with Gasteiger partial charge in [0.05, 0.1) is 12.3 Å². The van der Waals surface area contributed by atoms with E-state index in [-0.39, 0.29) is 6.17 Å². The van der Waals surface area contributed by atoms with Crippen LogP contribution in [0.15, 0.2) is 24.6 Å². The Bertz CT molecular complexity index is 323.